The van der Waals surface area contributed by atoms with E-state index in [-0.39, 0.29) is 6.04 Å². The number of alkyl halides is 3. The summed E-state index contributed by atoms with van der Waals surface area (Å²) in [5, 5.41) is 3.30. The third-order valence-corrected chi connectivity index (χ3v) is 4.82. The Morgan fingerprint density at radius 1 is 1.21 bits per heavy atom. The fourth-order valence-corrected chi connectivity index (χ4v) is 3.66. The number of benzene rings is 1. The molecule has 1 atom stereocenters. The van der Waals surface area contributed by atoms with E-state index in [1.54, 1.807) is 0 Å². The van der Waals surface area contributed by atoms with Crippen molar-refractivity contribution in [1.82, 2.24) is 10.2 Å². The zero-order valence-electron chi connectivity index (χ0n) is 13.7. The second-order valence-corrected chi connectivity index (χ2v) is 7.06. The number of unbranched alkanes of at least 4 members (excludes halogenated alkanes) is 2. The summed E-state index contributed by atoms with van der Waals surface area (Å²) in [6.45, 7) is 7.20. The molecule has 24 heavy (non-hydrogen) atoms. The van der Waals surface area contributed by atoms with Crippen LogP contribution >= 0.6 is 15.9 Å². The van der Waals surface area contributed by atoms with Gasteiger partial charge in [-0.05, 0) is 43.0 Å². The zero-order chi connectivity index (χ0) is 17.6. The van der Waals surface area contributed by atoms with Crippen LogP contribution in [0.15, 0.2) is 35.3 Å². The predicted molar refractivity (Wildman–Crippen MR) is 95.0 cm³/mol. The number of halogens is 4. The summed E-state index contributed by atoms with van der Waals surface area (Å²) < 4.78 is 39.9. The molecule has 0 radical (unpaired) electrons. The molecule has 1 saturated heterocycles. The highest BCUT2D eigenvalue weighted by Gasteiger charge is 2.32. The van der Waals surface area contributed by atoms with Gasteiger partial charge in [0.05, 0.1) is 5.56 Å². The van der Waals surface area contributed by atoms with Gasteiger partial charge in [-0.25, -0.2) is 0 Å². The highest BCUT2D eigenvalue weighted by molar-refractivity contribution is 9.10. The first kappa shape index (κ1) is 19.5. The van der Waals surface area contributed by atoms with Crippen molar-refractivity contribution in [3.05, 3.63) is 46.5 Å². The Morgan fingerprint density at radius 2 is 1.92 bits per heavy atom. The van der Waals surface area contributed by atoms with Gasteiger partial charge >= 0.3 is 6.18 Å². The van der Waals surface area contributed by atoms with E-state index in [9.17, 15) is 13.2 Å². The highest BCUT2D eigenvalue weighted by Crippen LogP contribution is 2.36. The summed E-state index contributed by atoms with van der Waals surface area (Å²) >= 11 is 3.25. The van der Waals surface area contributed by atoms with Crippen LogP contribution in [0, 0.1) is 0 Å². The van der Waals surface area contributed by atoms with Crippen molar-refractivity contribution >= 4 is 15.9 Å². The van der Waals surface area contributed by atoms with Gasteiger partial charge in [0.2, 0.25) is 0 Å². The number of rotatable bonds is 7. The molecule has 0 saturated carbocycles. The Kier molecular flexibility index (Phi) is 7.32. The monoisotopic (exact) mass is 404 g/mol. The van der Waals surface area contributed by atoms with Crippen LogP contribution in [0.2, 0.25) is 0 Å². The summed E-state index contributed by atoms with van der Waals surface area (Å²) in [6, 6.07) is 4.31. The minimum Gasteiger partial charge on any atom is -0.314 e. The number of hydrogen-bond acceptors (Lipinski definition) is 2. The second kappa shape index (κ2) is 9.02. The van der Waals surface area contributed by atoms with Crippen molar-refractivity contribution in [2.75, 3.05) is 26.2 Å². The molecule has 1 fully saturated rings. The lowest BCUT2D eigenvalue weighted by Crippen LogP contribution is -2.45. The van der Waals surface area contributed by atoms with Crippen LogP contribution < -0.4 is 5.32 Å². The van der Waals surface area contributed by atoms with Gasteiger partial charge < -0.3 is 5.32 Å². The Labute approximate surface area is 150 Å². The molecule has 134 valence electrons. The first-order valence-corrected chi connectivity index (χ1v) is 9.14. The highest BCUT2D eigenvalue weighted by atomic mass is 79.9. The van der Waals surface area contributed by atoms with Gasteiger partial charge in [0.1, 0.15) is 0 Å². The summed E-state index contributed by atoms with van der Waals surface area (Å²) in [6.07, 6.45) is 1.37. The van der Waals surface area contributed by atoms with Crippen molar-refractivity contribution in [1.29, 1.82) is 0 Å². The first-order chi connectivity index (χ1) is 11.4. The molecule has 1 aliphatic heterocycles. The van der Waals surface area contributed by atoms with E-state index in [1.165, 1.54) is 6.07 Å². The van der Waals surface area contributed by atoms with E-state index < -0.39 is 11.7 Å². The molecule has 1 aliphatic rings. The molecule has 0 unspecified atom stereocenters. The number of hydrogen-bond donors (Lipinski definition) is 1. The minimum absolute atomic E-state index is 0.0236. The molecule has 1 N–H and O–H groups in total. The van der Waals surface area contributed by atoms with Gasteiger partial charge in [-0.1, -0.05) is 28.4 Å². The van der Waals surface area contributed by atoms with Crippen LogP contribution in [0.3, 0.4) is 0 Å². The molecule has 0 aromatic heterocycles. The lowest BCUT2D eigenvalue weighted by Gasteiger charge is -2.35. The molecule has 0 aliphatic carbocycles. The quantitative estimate of drug-likeness (QED) is 0.498. The summed E-state index contributed by atoms with van der Waals surface area (Å²) in [4.78, 5) is 2.30. The van der Waals surface area contributed by atoms with Crippen molar-refractivity contribution < 1.29 is 13.2 Å². The standard InChI is InChI=1S/C18H24BrF3N2/c1-2-3-4-5-6-17(24-9-7-23-8-10-24)14-11-15(18(20,21)22)13-16(19)12-14/h2,11-13,17,23H,1,3-10H2/t17-/m1/s1. The molecular formula is C18H24BrF3N2. The number of piperazine rings is 1. The number of nitrogens with one attached hydrogen (secondary N) is 1. The van der Waals surface area contributed by atoms with Crippen molar-refractivity contribution in [3.63, 3.8) is 0 Å². The molecule has 0 bridgehead atoms. The Bertz CT molecular complexity index is 540. The van der Waals surface area contributed by atoms with E-state index in [2.05, 4.69) is 32.7 Å². The molecule has 1 heterocycles. The van der Waals surface area contributed by atoms with Crippen LogP contribution in [-0.4, -0.2) is 31.1 Å². The van der Waals surface area contributed by atoms with E-state index in [4.69, 9.17) is 0 Å². The second-order valence-electron chi connectivity index (χ2n) is 6.15. The Morgan fingerprint density at radius 3 is 2.54 bits per heavy atom. The minimum atomic E-state index is -4.32. The lowest BCUT2D eigenvalue weighted by molar-refractivity contribution is -0.137. The van der Waals surface area contributed by atoms with Gasteiger partial charge in [0.25, 0.3) is 0 Å². The zero-order valence-corrected chi connectivity index (χ0v) is 15.3. The van der Waals surface area contributed by atoms with Crippen LogP contribution in [0.4, 0.5) is 13.2 Å². The van der Waals surface area contributed by atoms with Crippen LogP contribution in [0.25, 0.3) is 0 Å². The summed E-state index contributed by atoms with van der Waals surface area (Å²) in [7, 11) is 0. The number of allylic oxidation sites excluding steroid dienone is 1. The van der Waals surface area contributed by atoms with Crippen LogP contribution in [0.5, 0.6) is 0 Å². The third kappa shape index (κ3) is 5.60. The maximum Gasteiger partial charge on any atom is 0.416 e. The van der Waals surface area contributed by atoms with Crippen molar-refractivity contribution in [3.8, 4) is 0 Å². The molecule has 6 heteroatoms. The fourth-order valence-electron chi connectivity index (χ4n) is 3.15. The van der Waals surface area contributed by atoms with Crippen LogP contribution in [0.1, 0.15) is 42.9 Å². The molecular weight excluding hydrogens is 381 g/mol. The summed E-state index contributed by atoms with van der Waals surface area (Å²) in [5.41, 5.74) is 0.162. The number of nitrogens with zero attached hydrogens (tertiary/aromatic N) is 1. The average Bonchev–Trinajstić information content (AvgIpc) is 2.54. The van der Waals surface area contributed by atoms with Gasteiger partial charge in [-0.3, -0.25) is 4.90 Å². The van der Waals surface area contributed by atoms with E-state index in [1.807, 2.05) is 12.1 Å². The smallest absolute Gasteiger partial charge is 0.314 e. The maximum absolute atomic E-state index is 13.2. The summed E-state index contributed by atoms with van der Waals surface area (Å²) in [5.74, 6) is 0. The van der Waals surface area contributed by atoms with Gasteiger partial charge in [-0.15, -0.1) is 6.58 Å². The molecule has 2 nitrogen and oxygen atoms in total. The molecule has 0 spiro atoms. The fraction of sp³-hybridized carbons (Fsp3) is 0.556. The van der Waals surface area contributed by atoms with Crippen LogP contribution in [-0.2, 0) is 6.18 Å². The molecule has 2 rings (SSSR count). The topological polar surface area (TPSA) is 15.3 Å². The molecule has 0 amide bonds. The van der Waals surface area contributed by atoms with Crippen molar-refractivity contribution in [2.24, 2.45) is 0 Å². The van der Waals surface area contributed by atoms with Crippen molar-refractivity contribution in [2.45, 2.75) is 37.9 Å². The average molecular weight is 405 g/mol. The maximum atomic E-state index is 13.2. The molecule has 1 aromatic carbocycles. The van der Waals surface area contributed by atoms with Gasteiger partial charge in [0.15, 0.2) is 0 Å². The van der Waals surface area contributed by atoms with E-state index in [0.29, 0.717) is 4.47 Å². The van der Waals surface area contributed by atoms with E-state index in [0.717, 1.165) is 63.5 Å². The lowest BCUT2D eigenvalue weighted by atomic mass is 9.96. The normalized spacial score (nSPS) is 17.7. The molecule has 1 aromatic rings. The third-order valence-electron chi connectivity index (χ3n) is 4.36. The Hall–Kier alpha value is -0.850. The largest absolute Gasteiger partial charge is 0.416 e. The Balaban J connectivity index is 2.24. The SMILES string of the molecule is C=CCCCC[C@H](c1cc(Br)cc(C(F)(F)F)c1)N1CCNCC1. The van der Waals surface area contributed by atoms with E-state index >= 15 is 0 Å². The van der Waals surface area contributed by atoms with Gasteiger partial charge in [0, 0.05) is 36.7 Å². The first-order valence-electron chi connectivity index (χ1n) is 8.35. The predicted octanol–water partition coefficient (Wildman–Crippen LogP) is 5.16. The van der Waals surface area contributed by atoms with Gasteiger partial charge in [-0.2, -0.15) is 13.2 Å².